The first-order valence-electron chi connectivity index (χ1n) is 10.5. The molecule has 31 heavy (non-hydrogen) atoms. The topological polar surface area (TPSA) is 54.3 Å². The van der Waals surface area contributed by atoms with Crippen molar-refractivity contribution in [3.8, 4) is 0 Å². The summed E-state index contributed by atoms with van der Waals surface area (Å²) in [5.74, 6) is -0.265. The van der Waals surface area contributed by atoms with Gasteiger partial charge >= 0.3 is 0 Å². The van der Waals surface area contributed by atoms with E-state index in [1.54, 1.807) is 12.1 Å². The third kappa shape index (κ3) is 7.58. The van der Waals surface area contributed by atoms with E-state index >= 15 is 0 Å². The number of hydrogen-bond donors (Lipinski definition) is 1. The first-order valence-corrected chi connectivity index (χ1v) is 10.8. The van der Waals surface area contributed by atoms with Crippen LogP contribution in [0.15, 0.2) is 53.7 Å². The van der Waals surface area contributed by atoms with E-state index < -0.39 is 6.10 Å². The lowest BCUT2D eigenvalue weighted by atomic mass is 10.0. The van der Waals surface area contributed by atoms with Crippen molar-refractivity contribution in [3.63, 3.8) is 0 Å². The maximum Gasteiger partial charge on any atom is 0.145 e. The van der Waals surface area contributed by atoms with Crippen molar-refractivity contribution in [3.05, 3.63) is 70.5 Å². The molecule has 0 amide bonds. The molecule has 1 N–H and O–H groups in total. The predicted molar refractivity (Wildman–Crippen MR) is 121 cm³/mol. The fraction of sp³-hybridized carbons (Fsp3) is 0.458. The Morgan fingerprint density at radius 2 is 1.94 bits per heavy atom. The summed E-state index contributed by atoms with van der Waals surface area (Å²) >= 11 is 5.97. The molecule has 2 aromatic rings. The minimum atomic E-state index is -0.705. The van der Waals surface area contributed by atoms with Gasteiger partial charge in [0.2, 0.25) is 0 Å². The number of oxime groups is 1. The Hall–Kier alpha value is -1.99. The molecule has 3 rings (SSSR count). The number of aliphatic hydroxyl groups excluding tert-OH is 1. The third-order valence-corrected chi connectivity index (χ3v) is 5.15. The van der Waals surface area contributed by atoms with Crippen molar-refractivity contribution in [1.29, 1.82) is 0 Å². The van der Waals surface area contributed by atoms with E-state index in [0.29, 0.717) is 36.6 Å². The molecule has 1 aliphatic rings. The zero-order chi connectivity index (χ0) is 22.4. The SMILES string of the molecule is CC(C)(C)OC[C@@H](O)CN(Cc1ccccc1F)C[C@@H]1CC(c2ccc(Cl)cc2)=NO1. The summed E-state index contributed by atoms with van der Waals surface area (Å²) in [7, 11) is 0. The molecular formula is C24H30ClFN2O3. The van der Waals surface area contributed by atoms with E-state index in [-0.39, 0.29) is 24.1 Å². The molecule has 0 bridgehead atoms. The summed E-state index contributed by atoms with van der Waals surface area (Å²) < 4.78 is 19.9. The van der Waals surface area contributed by atoms with Gasteiger partial charge in [-0.05, 0) is 44.5 Å². The predicted octanol–water partition coefficient (Wildman–Crippen LogP) is 4.65. The van der Waals surface area contributed by atoms with Crippen LogP contribution in [0.4, 0.5) is 4.39 Å². The Balaban J connectivity index is 1.63. The molecule has 2 aromatic carbocycles. The highest BCUT2D eigenvalue weighted by Crippen LogP contribution is 2.21. The minimum Gasteiger partial charge on any atom is -0.390 e. The van der Waals surface area contributed by atoms with Crippen LogP contribution in [0.1, 0.15) is 38.3 Å². The minimum absolute atomic E-state index is 0.187. The number of halogens is 2. The Morgan fingerprint density at radius 3 is 2.61 bits per heavy atom. The molecule has 0 radical (unpaired) electrons. The van der Waals surface area contributed by atoms with Gasteiger partial charge in [-0.2, -0.15) is 0 Å². The van der Waals surface area contributed by atoms with Crippen LogP contribution in [0.3, 0.4) is 0 Å². The monoisotopic (exact) mass is 448 g/mol. The van der Waals surface area contributed by atoms with Crippen LogP contribution in [-0.2, 0) is 16.1 Å². The Bertz CT molecular complexity index is 883. The number of nitrogens with zero attached hydrogens (tertiary/aromatic N) is 2. The van der Waals surface area contributed by atoms with Crippen LogP contribution < -0.4 is 0 Å². The molecule has 5 nitrogen and oxygen atoms in total. The molecular weight excluding hydrogens is 419 g/mol. The molecule has 1 heterocycles. The lowest BCUT2D eigenvalue weighted by molar-refractivity contribution is -0.0601. The number of ether oxygens (including phenoxy) is 1. The van der Waals surface area contributed by atoms with Crippen molar-refractivity contribution in [2.24, 2.45) is 5.16 Å². The zero-order valence-electron chi connectivity index (χ0n) is 18.2. The van der Waals surface area contributed by atoms with Gasteiger partial charge in [-0.25, -0.2) is 4.39 Å². The van der Waals surface area contributed by atoms with Crippen molar-refractivity contribution in [2.75, 3.05) is 19.7 Å². The van der Waals surface area contributed by atoms with Gasteiger partial charge in [0.1, 0.15) is 11.9 Å². The van der Waals surface area contributed by atoms with Gasteiger partial charge < -0.3 is 14.7 Å². The van der Waals surface area contributed by atoms with Crippen molar-refractivity contribution in [1.82, 2.24) is 4.90 Å². The summed E-state index contributed by atoms with van der Waals surface area (Å²) in [6.07, 6.45) is -0.262. The van der Waals surface area contributed by atoms with Crippen LogP contribution in [0.5, 0.6) is 0 Å². The summed E-state index contributed by atoms with van der Waals surface area (Å²) in [5, 5.41) is 15.4. The van der Waals surface area contributed by atoms with Crippen molar-refractivity contribution < 1.29 is 19.1 Å². The highest BCUT2D eigenvalue weighted by Gasteiger charge is 2.26. The van der Waals surface area contributed by atoms with Crippen LogP contribution in [0.2, 0.25) is 5.02 Å². The molecule has 7 heteroatoms. The summed E-state index contributed by atoms with van der Waals surface area (Å²) in [5.41, 5.74) is 2.05. The molecule has 168 valence electrons. The lowest BCUT2D eigenvalue weighted by Crippen LogP contribution is -2.40. The van der Waals surface area contributed by atoms with Crippen molar-refractivity contribution >= 4 is 17.3 Å². The standard InChI is InChI=1S/C24H30ClFN2O3/c1-24(2,3)30-16-20(29)14-28(13-18-6-4-5-7-22(18)26)15-21-12-23(27-31-21)17-8-10-19(25)11-9-17/h4-11,20-21,29H,12-16H2,1-3H3/t20-,21-/m0/s1. The molecule has 1 aliphatic heterocycles. The average molecular weight is 449 g/mol. The second-order valence-electron chi connectivity index (χ2n) is 8.84. The van der Waals surface area contributed by atoms with Crippen molar-refractivity contribution in [2.45, 2.75) is 51.5 Å². The smallest absolute Gasteiger partial charge is 0.145 e. The van der Waals surface area contributed by atoms with E-state index in [4.69, 9.17) is 21.2 Å². The van der Waals surface area contributed by atoms with Gasteiger partial charge in [0.05, 0.1) is 24.0 Å². The van der Waals surface area contributed by atoms with E-state index in [1.807, 2.05) is 56.0 Å². The van der Waals surface area contributed by atoms with Crippen LogP contribution in [0.25, 0.3) is 0 Å². The van der Waals surface area contributed by atoms with Crippen LogP contribution in [-0.4, -0.2) is 53.2 Å². The molecule has 0 saturated heterocycles. The van der Waals surface area contributed by atoms with Gasteiger partial charge in [-0.1, -0.05) is 47.1 Å². The van der Waals surface area contributed by atoms with E-state index in [0.717, 1.165) is 11.3 Å². The quantitative estimate of drug-likeness (QED) is 0.606. The van der Waals surface area contributed by atoms with Gasteiger partial charge in [-0.3, -0.25) is 4.90 Å². The lowest BCUT2D eigenvalue weighted by Gasteiger charge is -2.28. The van der Waals surface area contributed by atoms with Crippen LogP contribution >= 0.6 is 11.6 Å². The number of aliphatic hydroxyl groups is 1. The van der Waals surface area contributed by atoms with E-state index in [1.165, 1.54) is 6.07 Å². The fourth-order valence-electron chi connectivity index (χ4n) is 3.40. The van der Waals surface area contributed by atoms with E-state index in [9.17, 15) is 9.50 Å². The Morgan fingerprint density at radius 1 is 1.23 bits per heavy atom. The fourth-order valence-corrected chi connectivity index (χ4v) is 3.52. The third-order valence-electron chi connectivity index (χ3n) is 4.90. The molecule has 0 saturated carbocycles. The zero-order valence-corrected chi connectivity index (χ0v) is 19.0. The second-order valence-corrected chi connectivity index (χ2v) is 9.28. The maximum atomic E-state index is 14.2. The molecule has 0 aliphatic carbocycles. The summed E-state index contributed by atoms with van der Waals surface area (Å²) in [6.45, 7) is 7.23. The summed E-state index contributed by atoms with van der Waals surface area (Å²) in [6, 6.07) is 14.2. The Labute approximate surface area is 188 Å². The molecule has 0 aromatic heterocycles. The van der Waals surface area contributed by atoms with E-state index in [2.05, 4.69) is 5.16 Å². The highest BCUT2D eigenvalue weighted by molar-refractivity contribution is 6.30. The van der Waals surface area contributed by atoms with Gasteiger partial charge in [0.15, 0.2) is 0 Å². The summed E-state index contributed by atoms with van der Waals surface area (Å²) in [4.78, 5) is 7.64. The largest absolute Gasteiger partial charge is 0.390 e. The number of rotatable bonds is 9. The first-order chi connectivity index (χ1) is 14.7. The number of benzene rings is 2. The number of hydrogen-bond acceptors (Lipinski definition) is 5. The van der Waals surface area contributed by atoms with Crippen LogP contribution in [0, 0.1) is 5.82 Å². The van der Waals surface area contributed by atoms with Gasteiger partial charge in [0.25, 0.3) is 0 Å². The first kappa shape index (κ1) is 23.7. The highest BCUT2D eigenvalue weighted by atomic mass is 35.5. The molecule has 2 atom stereocenters. The molecule has 0 spiro atoms. The molecule has 0 unspecified atom stereocenters. The molecule has 0 fully saturated rings. The van der Waals surface area contributed by atoms with Gasteiger partial charge in [-0.15, -0.1) is 0 Å². The van der Waals surface area contributed by atoms with Gasteiger partial charge in [0, 0.05) is 36.6 Å². The normalized spacial score (nSPS) is 17.5. The second kappa shape index (κ2) is 10.6. The maximum absolute atomic E-state index is 14.2. The average Bonchev–Trinajstić information content (AvgIpc) is 3.16. The Kier molecular flexibility index (Phi) is 8.06.